The second kappa shape index (κ2) is 5.51. The Bertz CT molecular complexity index is 584. The van der Waals surface area contributed by atoms with Crippen molar-refractivity contribution in [2.24, 2.45) is 0 Å². The summed E-state index contributed by atoms with van der Waals surface area (Å²) in [4.78, 5) is 22.4. The lowest BCUT2D eigenvalue weighted by atomic mass is 10.2. The molecular weight excluding hydrogens is 254 g/mol. The Morgan fingerprint density at radius 2 is 1.89 bits per heavy atom. The first-order valence-corrected chi connectivity index (χ1v) is 5.64. The molecule has 0 atom stereocenters. The average molecular weight is 264 g/mol. The first-order chi connectivity index (χ1) is 8.65. The van der Waals surface area contributed by atoms with E-state index in [-0.39, 0.29) is 5.91 Å². The SMILES string of the molecule is O=C(NCc1ccc(Cl)cc1)c1ccc(=O)oc1. The van der Waals surface area contributed by atoms with Crippen molar-refractivity contribution in [1.82, 2.24) is 5.32 Å². The molecule has 0 aliphatic heterocycles. The molecule has 4 nitrogen and oxygen atoms in total. The highest BCUT2D eigenvalue weighted by atomic mass is 35.5. The van der Waals surface area contributed by atoms with Gasteiger partial charge in [0.1, 0.15) is 6.26 Å². The highest BCUT2D eigenvalue weighted by Gasteiger charge is 2.05. The lowest BCUT2D eigenvalue weighted by Gasteiger charge is -2.04. The van der Waals surface area contributed by atoms with E-state index < -0.39 is 5.63 Å². The Labute approximate surface area is 108 Å². The van der Waals surface area contributed by atoms with Crippen molar-refractivity contribution in [3.05, 3.63) is 69.2 Å². The summed E-state index contributed by atoms with van der Waals surface area (Å²) in [5, 5.41) is 3.36. The molecule has 2 rings (SSSR count). The van der Waals surface area contributed by atoms with Gasteiger partial charge in [-0.1, -0.05) is 23.7 Å². The maximum Gasteiger partial charge on any atom is 0.335 e. The van der Waals surface area contributed by atoms with Gasteiger partial charge in [-0.05, 0) is 23.8 Å². The topological polar surface area (TPSA) is 59.3 Å². The Morgan fingerprint density at radius 1 is 1.17 bits per heavy atom. The monoisotopic (exact) mass is 263 g/mol. The van der Waals surface area contributed by atoms with Crippen molar-refractivity contribution in [3.63, 3.8) is 0 Å². The zero-order chi connectivity index (χ0) is 13.0. The van der Waals surface area contributed by atoms with Gasteiger partial charge in [0.05, 0.1) is 5.56 Å². The summed E-state index contributed by atoms with van der Waals surface area (Å²) >= 11 is 5.76. The van der Waals surface area contributed by atoms with E-state index in [0.29, 0.717) is 17.1 Å². The summed E-state index contributed by atoms with van der Waals surface area (Å²) in [5.74, 6) is -0.297. The maximum absolute atomic E-state index is 11.7. The van der Waals surface area contributed by atoms with Crippen LogP contribution in [0.4, 0.5) is 0 Å². The van der Waals surface area contributed by atoms with E-state index in [0.717, 1.165) is 11.8 Å². The minimum Gasteiger partial charge on any atom is -0.430 e. The lowest BCUT2D eigenvalue weighted by molar-refractivity contribution is 0.0948. The van der Waals surface area contributed by atoms with Crippen molar-refractivity contribution < 1.29 is 9.21 Å². The lowest BCUT2D eigenvalue weighted by Crippen LogP contribution is -2.23. The van der Waals surface area contributed by atoms with Gasteiger partial charge in [0.15, 0.2) is 0 Å². The molecule has 0 spiro atoms. The minimum atomic E-state index is -0.482. The summed E-state index contributed by atoms with van der Waals surface area (Å²) < 4.78 is 4.61. The predicted molar refractivity (Wildman–Crippen MR) is 67.6 cm³/mol. The molecule has 1 aromatic carbocycles. The van der Waals surface area contributed by atoms with Crippen molar-refractivity contribution in [2.75, 3.05) is 0 Å². The Morgan fingerprint density at radius 3 is 2.50 bits per heavy atom. The van der Waals surface area contributed by atoms with Crippen LogP contribution in [0, 0.1) is 0 Å². The number of hydrogen-bond donors (Lipinski definition) is 1. The van der Waals surface area contributed by atoms with Crippen molar-refractivity contribution in [1.29, 1.82) is 0 Å². The molecule has 0 saturated carbocycles. The fourth-order valence-corrected chi connectivity index (χ4v) is 1.50. The molecule has 1 amide bonds. The van der Waals surface area contributed by atoms with Crippen molar-refractivity contribution >= 4 is 17.5 Å². The summed E-state index contributed by atoms with van der Waals surface area (Å²) in [6.07, 6.45) is 1.14. The quantitative estimate of drug-likeness (QED) is 0.924. The van der Waals surface area contributed by atoms with E-state index in [9.17, 15) is 9.59 Å². The summed E-state index contributed by atoms with van der Waals surface area (Å²) in [5.41, 5.74) is 0.762. The number of hydrogen-bond acceptors (Lipinski definition) is 3. The molecule has 0 bridgehead atoms. The molecule has 0 aliphatic carbocycles. The highest BCUT2D eigenvalue weighted by Crippen LogP contribution is 2.09. The summed E-state index contributed by atoms with van der Waals surface area (Å²) in [7, 11) is 0. The molecule has 2 aromatic rings. The molecule has 1 aromatic heterocycles. The number of carbonyl (C=O) groups is 1. The van der Waals surface area contributed by atoms with E-state index in [4.69, 9.17) is 11.6 Å². The van der Waals surface area contributed by atoms with Crippen LogP contribution in [0.3, 0.4) is 0 Å². The zero-order valence-corrected chi connectivity index (χ0v) is 10.1. The highest BCUT2D eigenvalue weighted by molar-refractivity contribution is 6.30. The van der Waals surface area contributed by atoms with Gasteiger partial charge in [-0.25, -0.2) is 4.79 Å². The van der Waals surface area contributed by atoms with Crippen LogP contribution in [0.2, 0.25) is 5.02 Å². The van der Waals surface area contributed by atoms with Crippen LogP contribution in [0.5, 0.6) is 0 Å². The summed E-state index contributed by atoms with van der Waals surface area (Å²) in [6.45, 7) is 0.384. The standard InChI is InChI=1S/C13H10ClNO3/c14-11-4-1-9(2-5-11)7-15-13(17)10-3-6-12(16)18-8-10/h1-6,8H,7H2,(H,15,17). The molecule has 1 N–H and O–H groups in total. The van der Waals surface area contributed by atoms with Gasteiger partial charge in [0.25, 0.3) is 5.91 Å². The second-order valence-electron chi connectivity index (χ2n) is 3.65. The van der Waals surface area contributed by atoms with Gasteiger partial charge in [0.2, 0.25) is 0 Å². The molecule has 0 saturated heterocycles. The Hall–Kier alpha value is -2.07. The third-order valence-electron chi connectivity index (χ3n) is 2.33. The van der Waals surface area contributed by atoms with E-state index in [1.54, 1.807) is 12.1 Å². The van der Waals surface area contributed by atoms with Crippen molar-refractivity contribution in [3.8, 4) is 0 Å². The van der Waals surface area contributed by atoms with Crippen LogP contribution in [-0.4, -0.2) is 5.91 Å². The first kappa shape index (κ1) is 12.4. The van der Waals surface area contributed by atoms with E-state index in [1.807, 2.05) is 12.1 Å². The van der Waals surface area contributed by atoms with E-state index in [2.05, 4.69) is 9.73 Å². The third kappa shape index (κ3) is 3.21. The number of rotatable bonds is 3. The van der Waals surface area contributed by atoms with Gasteiger partial charge in [0, 0.05) is 17.6 Å². The van der Waals surface area contributed by atoms with Crippen LogP contribution < -0.4 is 10.9 Å². The molecule has 0 aliphatic rings. The normalized spacial score (nSPS) is 10.1. The van der Waals surface area contributed by atoms with Gasteiger partial charge >= 0.3 is 5.63 Å². The molecular formula is C13H10ClNO3. The molecule has 18 heavy (non-hydrogen) atoms. The summed E-state index contributed by atoms with van der Waals surface area (Å²) in [6, 6.07) is 9.79. The van der Waals surface area contributed by atoms with Crippen LogP contribution >= 0.6 is 11.6 Å². The third-order valence-corrected chi connectivity index (χ3v) is 2.58. The van der Waals surface area contributed by atoms with Gasteiger partial charge < -0.3 is 9.73 Å². The maximum atomic E-state index is 11.7. The van der Waals surface area contributed by atoms with E-state index in [1.165, 1.54) is 12.1 Å². The smallest absolute Gasteiger partial charge is 0.335 e. The molecule has 0 fully saturated rings. The van der Waals surface area contributed by atoms with Crippen LogP contribution in [0.15, 0.2) is 51.9 Å². The molecule has 5 heteroatoms. The number of carbonyl (C=O) groups excluding carboxylic acids is 1. The molecule has 0 radical (unpaired) electrons. The van der Waals surface area contributed by atoms with E-state index >= 15 is 0 Å². The van der Waals surface area contributed by atoms with Crippen LogP contribution in [0.25, 0.3) is 0 Å². The number of halogens is 1. The average Bonchev–Trinajstić information content (AvgIpc) is 2.38. The molecule has 1 heterocycles. The zero-order valence-electron chi connectivity index (χ0n) is 9.35. The number of amides is 1. The first-order valence-electron chi connectivity index (χ1n) is 5.26. The van der Waals surface area contributed by atoms with Crippen molar-refractivity contribution in [2.45, 2.75) is 6.54 Å². The number of nitrogens with one attached hydrogen (secondary N) is 1. The fraction of sp³-hybridized carbons (Fsp3) is 0.0769. The Kier molecular flexibility index (Phi) is 3.79. The van der Waals surface area contributed by atoms with Gasteiger partial charge in [-0.15, -0.1) is 0 Å². The fourth-order valence-electron chi connectivity index (χ4n) is 1.37. The minimum absolute atomic E-state index is 0.297. The van der Waals surface area contributed by atoms with Crippen LogP contribution in [-0.2, 0) is 6.54 Å². The Balaban J connectivity index is 1.98. The van der Waals surface area contributed by atoms with Gasteiger partial charge in [-0.2, -0.15) is 0 Å². The predicted octanol–water partition coefficient (Wildman–Crippen LogP) is 2.22. The second-order valence-corrected chi connectivity index (χ2v) is 4.09. The largest absolute Gasteiger partial charge is 0.430 e. The van der Waals surface area contributed by atoms with Crippen LogP contribution in [0.1, 0.15) is 15.9 Å². The molecule has 92 valence electrons. The van der Waals surface area contributed by atoms with Gasteiger partial charge in [-0.3, -0.25) is 4.79 Å². The molecule has 0 unspecified atom stereocenters. The number of benzene rings is 1.